The molecule has 1 aliphatic rings. The lowest BCUT2D eigenvalue weighted by Crippen LogP contribution is -2.49. The lowest BCUT2D eigenvalue weighted by atomic mass is 9.99. The number of amides is 2. The second kappa shape index (κ2) is 10.9. The largest absolute Gasteiger partial charge is 0.351 e. The maximum Gasteiger partial charge on any atom is 0.304 e. The van der Waals surface area contributed by atoms with Crippen molar-refractivity contribution in [1.82, 2.24) is 25.0 Å². The highest BCUT2D eigenvalue weighted by Crippen LogP contribution is 2.27. The van der Waals surface area contributed by atoms with Gasteiger partial charge in [-0.15, -0.1) is 10.2 Å². The molecule has 2 amide bonds. The van der Waals surface area contributed by atoms with Crippen molar-refractivity contribution in [3.05, 3.63) is 46.8 Å². The first-order chi connectivity index (χ1) is 16.8. The minimum atomic E-state index is -3.20. The Hall–Kier alpha value is -3.09. The molecule has 0 bridgehead atoms. The summed E-state index contributed by atoms with van der Waals surface area (Å²) in [5, 5.41) is 9.91. The molecule has 13 heteroatoms. The molecule has 0 saturated carbocycles. The van der Waals surface area contributed by atoms with E-state index in [9.17, 15) is 31.5 Å². The van der Waals surface area contributed by atoms with Gasteiger partial charge < -0.3 is 20.5 Å². The number of alkyl halides is 2. The van der Waals surface area contributed by atoms with Gasteiger partial charge in [-0.3, -0.25) is 9.59 Å². The van der Waals surface area contributed by atoms with Gasteiger partial charge in [0, 0.05) is 38.5 Å². The van der Waals surface area contributed by atoms with Crippen LogP contribution in [0.25, 0.3) is 0 Å². The summed E-state index contributed by atoms with van der Waals surface area (Å²) in [7, 11) is 0. The summed E-state index contributed by atoms with van der Waals surface area (Å²) in [6.07, 6.45) is -0.257. The van der Waals surface area contributed by atoms with E-state index in [1.807, 2.05) is 13.8 Å². The number of fused-ring (bicyclic) bond motifs is 1. The van der Waals surface area contributed by atoms with E-state index in [1.165, 1.54) is 9.47 Å². The third kappa shape index (κ3) is 6.56. The molecule has 2 heterocycles. The van der Waals surface area contributed by atoms with Crippen LogP contribution < -0.4 is 11.1 Å². The van der Waals surface area contributed by atoms with E-state index >= 15 is 0 Å². The molecule has 3 rings (SSSR count). The van der Waals surface area contributed by atoms with E-state index in [2.05, 4.69) is 15.5 Å². The van der Waals surface area contributed by atoms with Gasteiger partial charge in [-0.2, -0.15) is 8.78 Å². The lowest BCUT2D eigenvalue weighted by molar-refractivity contribution is -0.133. The molecule has 198 valence electrons. The van der Waals surface area contributed by atoms with Gasteiger partial charge in [-0.1, -0.05) is 13.8 Å². The number of benzene rings is 1. The first kappa shape index (κ1) is 27.5. The van der Waals surface area contributed by atoms with Crippen LogP contribution in [0.2, 0.25) is 0 Å². The summed E-state index contributed by atoms with van der Waals surface area (Å²) in [6, 6.07) is -0.801. The van der Waals surface area contributed by atoms with E-state index in [0.717, 1.165) is 0 Å². The first-order valence-electron chi connectivity index (χ1n) is 11.5. The number of nitrogens with two attached hydrogens (primary N) is 1. The van der Waals surface area contributed by atoms with Crippen LogP contribution in [0.5, 0.6) is 0 Å². The Kier molecular flexibility index (Phi) is 8.32. The number of rotatable bonds is 9. The van der Waals surface area contributed by atoms with Crippen LogP contribution in [-0.2, 0) is 35.0 Å². The molecular formula is C23H29F5N6O2. The summed E-state index contributed by atoms with van der Waals surface area (Å²) in [6.45, 7) is 4.49. The molecule has 1 aliphatic heterocycles. The molecule has 0 saturated heterocycles. The minimum Gasteiger partial charge on any atom is -0.351 e. The highest BCUT2D eigenvalue weighted by Gasteiger charge is 2.35. The van der Waals surface area contributed by atoms with Crippen molar-refractivity contribution in [2.75, 3.05) is 6.54 Å². The summed E-state index contributed by atoms with van der Waals surface area (Å²) in [5.74, 6) is -8.10. The van der Waals surface area contributed by atoms with Crippen LogP contribution in [-0.4, -0.2) is 50.1 Å². The molecule has 1 aromatic heterocycles. The molecule has 2 aromatic rings. The van der Waals surface area contributed by atoms with E-state index in [-0.39, 0.29) is 49.8 Å². The van der Waals surface area contributed by atoms with Crippen LogP contribution in [0.1, 0.15) is 50.8 Å². The maximum atomic E-state index is 14.3. The number of nitrogens with zero attached hydrogens (tertiary/aromatic N) is 4. The second-order valence-corrected chi connectivity index (χ2v) is 9.50. The average molecular weight is 517 g/mol. The monoisotopic (exact) mass is 516 g/mol. The van der Waals surface area contributed by atoms with Gasteiger partial charge in [0.1, 0.15) is 5.82 Å². The zero-order valence-electron chi connectivity index (χ0n) is 20.2. The van der Waals surface area contributed by atoms with Gasteiger partial charge in [0.05, 0.1) is 12.6 Å². The van der Waals surface area contributed by atoms with Crippen molar-refractivity contribution in [1.29, 1.82) is 0 Å². The predicted molar refractivity (Wildman–Crippen MR) is 119 cm³/mol. The fourth-order valence-corrected chi connectivity index (χ4v) is 4.12. The lowest BCUT2D eigenvalue weighted by Gasteiger charge is -2.30. The van der Waals surface area contributed by atoms with E-state index in [4.69, 9.17) is 5.73 Å². The van der Waals surface area contributed by atoms with Crippen molar-refractivity contribution < 1.29 is 31.5 Å². The topological polar surface area (TPSA) is 106 Å². The van der Waals surface area contributed by atoms with Crippen LogP contribution in [0.3, 0.4) is 0 Å². The Labute approximate surface area is 205 Å². The van der Waals surface area contributed by atoms with Gasteiger partial charge in [0.2, 0.25) is 17.6 Å². The molecular weight excluding hydrogens is 487 g/mol. The molecule has 3 N–H and O–H groups in total. The Morgan fingerprint density at radius 1 is 1.11 bits per heavy atom. The summed E-state index contributed by atoms with van der Waals surface area (Å²) in [5.41, 5.74) is 5.70. The molecule has 0 fully saturated rings. The average Bonchev–Trinajstić information content (AvgIpc) is 3.20. The van der Waals surface area contributed by atoms with E-state index in [1.54, 1.807) is 0 Å². The van der Waals surface area contributed by atoms with Crippen molar-refractivity contribution in [3.8, 4) is 0 Å². The normalized spacial score (nSPS) is 15.6. The highest BCUT2D eigenvalue weighted by atomic mass is 19.3. The summed E-state index contributed by atoms with van der Waals surface area (Å²) >= 11 is 0. The predicted octanol–water partition coefficient (Wildman–Crippen LogP) is 2.64. The molecule has 8 nitrogen and oxygen atoms in total. The Bertz CT molecular complexity index is 1120. The first-order valence-corrected chi connectivity index (χ1v) is 11.5. The summed E-state index contributed by atoms with van der Waals surface area (Å²) < 4.78 is 70.1. The number of nitrogens with one attached hydrogen (secondary N) is 1. The van der Waals surface area contributed by atoms with Crippen molar-refractivity contribution >= 4 is 11.8 Å². The number of carbonyl (C=O) groups excluding carboxylic acids is 2. The zero-order chi connectivity index (χ0) is 26.8. The fraction of sp³-hybridized carbons (Fsp3) is 0.565. The Morgan fingerprint density at radius 2 is 1.78 bits per heavy atom. The third-order valence-electron chi connectivity index (χ3n) is 5.88. The van der Waals surface area contributed by atoms with E-state index in [0.29, 0.717) is 25.5 Å². The van der Waals surface area contributed by atoms with E-state index < -0.39 is 53.1 Å². The molecule has 2 atom stereocenters. The van der Waals surface area contributed by atoms with Gasteiger partial charge in [-0.05, 0) is 30.4 Å². The van der Waals surface area contributed by atoms with Crippen LogP contribution in [0.15, 0.2) is 12.1 Å². The molecule has 36 heavy (non-hydrogen) atoms. The molecule has 0 radical (unpaired) electrons. The third-order valence-corrected chi connectivity index (χ3v) is 5.88. The summed E-state index contributed by atoms with van der Waals surface area (Å²) in [4.78, 5) is 27.0. The Balaban J connectivity index is 1.77. The number of hydrogen-bond acceptors (Lipinski definition) is 5. The minimum absolute atomic E-state index is 0.0426. The maximum absolute atomic E-state index is 14.3. The van der Waals surface area contributed by atoms with Gasteiger partial charge in [-0.25, -0.2) is 13.2 Å². The zero-order valence-corrected chi connectivity index (χ0v) is 20.2. The fourth-order valence-electron chi connectivity index (χ4n) is 4.12. The van der Waals surface area contributed by atoms with Crippen molar-refractivity contribution in [2.45, 2.75) is 71.1 Å². The molecule has 0 aliphatic carbocycles. The molecule has 1 aromatic carbocycles. The van der Waals surface area contributed by atoms with Gasteiger partial charge in [0.15, 0.2) is 17.5 Å². The molecule has 0 spiro atoms. The smallest absolute Gasteiger partial charge is 0.304 e. The number of aromatic nitrogens is 3. The quantitative estimate of drug-likeness (QED) is 0.394. The van der Waals surface area contributed by atoms with Crippen LogP contribution in [0.4, 0.5) is 22.0 Å². The van der Waals surface area contributed by atoms with Gasteiger partial charge >= 0.3 is 5.92 Å². The van der Waals surface area contributed by atoms with Gasteiger partial charge in [0.25, 0.3) is 0 Å². The number of hydrogen-bond donors (Lipinski definition) is 2. The highest BCUT2D eigenvalue weighted by molar-refractivity contribution is 5.83. The molecule has 2 unspecified atom stereocenters. The van der Waals surface area contributed by atoms with Crippen LogP contribution >= 0.6 is 0 Å². The van der Waals surface area contributed by atoms with Crippen molar-refractivity contribution in [3.63, 3.8) is 0 Å². The number of halogens is 5. The standard InChI is InChI=1S/C23H29F5N6O2/c1-12(2)6-18(29)21(36)30-14(7-13-8-16(25)17(26)10-15(13)24)9-20(35)33-4-5-34-19(11-33)31-32-22(34)23(3,27)28/h8,10,12,14,18H,4-7,9,11,29H2,1-3H3,(H,30,36). The van der Waals surface area contributed by atoms with Crippen molar-refractivity contribution in [2.24, 2.45) is 11.7 Å². The Morgan fingerprint density at radius 3 is 2.42 bits per heavy atom. The SMILES string of the molecule is CC(C)CC(N)C(=O)NC(CC(=O)N1CCn2c(nnc2C(C)(F)F)C1)Cc1cc(F)c(F)cc1F. The second-order valence-electron chi connectivity index (χ2n) is 9.50. The van der Waals surface area contributed by atoms with Crippen LogP contribution in [0, 0.1) is 23.4 Å². The number of carbonyl (C=O) groups is 2.